The minimum atomic E-state index is 0.110. The first-order chi connectivity index (χ1) is 8.65. The summed E-state index contributed by atoms with van der Waals surface area (Å²) < 4.78 is 5.98. The maximum absolute atomic E-state index is 9.84. The molecule has 2 aromatic rings. The highest BCUT2D eigenvalue weighted by molar-refractivity contribution is 9.10. The van der Waals surface area contributed by atoms with Crippen molar-refractivity contribution in [2.75, 3.05) is 18.0 Å². The van der Waals surface area contributed by atoms with Crippen molar-refractivity contribution in [1.29, 1.82) is 0 Å². The molecule has 0 radical (unpaired) electrons. The second kappa shape index (κ2) is 5.39. The minimum absolute atomic E-state index is 0.110. The maximum atomic E-state index is 9.84. The van der Waals surface area contributed by atoms with Gasteiger partial charge in [0.25, 0.3) is 11.8 Å². The monoisotopic (exact) mass is 311 g/mol. The molecule has 0 aliphatic heterocycles. The number of hydrogen-bond donors (Lipinski definition) is 1. The van der Waals surface area contributed by atoms with Crippen LogP contribution in [0, 0.1) is 0 Å². The summed E-state index contributed by atoms with van der Waals surface area (Å²) in [5, 5.41) is 13.8. The van der Waals surface area contributed by atoms with Gasteiger partial charge in [-0.25, -0.2) is 0 Å². The van der Waals surface area contributed by atoms with E-state index in [0.717, 1.165) is 17.6 Å². The summed E-state index contributed by atoms with van der Waals surface area (Å²) in [5.41, 5.74) is 0.532. The van der Waals surface area contributed by atoms with E-state index in [0.29, 0.717) is 17.4 Å². The molecule has 96 valence electrons. The molecule has 0 fully saturated rings. The second-order valence-corrected chi connectivity index (χ2v) is 4.65. The van der Waals surface area contributed by atoms with Crippen LogP contribution < -0.4 is 4.90 Å². The second-order valence-electron chi connectivity index (χ2n) is 3.73. The van der Waals surface area contributed by atoms with E-state index in [4.69, 9.17) is 4.52 Å². The average Bonchev–Trinajstić information content (AvgIpc) is 2.80. The van der Waals surface area contributed by atoms with E-state index in [1.54, 1.807) is 12.1 Å². The van der Waals surface area contributed by atoms with Crippen molar-refractivity contribution in [3.8, 4) is 17.2 Å². The highest BCUT2D eigenvalue weighted by Crippen LogP contribution is 2.31. The lowest BCUT2D eigenvalue weighted by molar-refractivity contribution is 0.423. The van der Waals surface area contributed by atoms with E-state index in [1.165, 1.54) is 0 Å². The smallest absolute Gasteiger partial charge is 0.266 e. The maximum Gasteiger partial charge on any atom is 0.266 e. The van der Waals surface area contributed by atoms with Crippen LogP contribution >= 0.6 is 15.9 Å². The van der Waals surface area contributed by atoms with Crippen molar-refractivity contribution in [2.24, 2.45) is 0 Å². The molecule has 1 aromatic heterocycles. The van der Waals surface area contributed by atoms with Crippen LogP contribution in [0.5, 0.6) is 5.75 Å². The molecule has 1 heterocycles. The van der Waals surface area contributed by atoms with E-state index in [1.807, 2.05) is 24.8 Å². The molecule has 2 rings (SSSR count). The first-order valence-electron chi connectivity index (χ1n) is 5.73. The Balaban J connectivity index is 2.34. The van der Waals surface area contributed by atoms with E-state index in [-0.39, 0.29) is 5.75 Å². The predicted molar refractivity (Wildman–Crippen MR) is 72.7 cm³/mol. The predicted octanol–water partition coefficient (Wildman–Crippen LogP) is 3.05. The Morgan fingerprint density at radius 2 is 2.06 bits per heavy atom. The number of anilines is 1. The summed E-state index contributed by atoms with van der Waals surface area (Å²) in [5.74, 6) is 0.971. The molecule has 0 aliphatic carbocycles. The van der Waals surface area contributed by atoms with Crippen molar-refractivity contribution < 1.29 is 9.63 Å². The quantitative estimate of drug-likeness (QED) is 0.940. The van der Waals surface area contributed by atoms with Crippen LogP contribution in [0.4, 0.5) is 5.95 Å². The SMILES string of the molecule is CCN(CC)c1noc(-c2ccc(Br)cc2O)n1. The Kier molecular flexibility index (Phi) is 3.86. The van der Waals surface area contributed by atoms with Gasteiger partial charge in [0.1, 0.15) is 5.75 Å². The van der Waals surface area contributed by atoms with Crippen LogP contribution in [0.2, 0.25) is 0 Å². The highest BCUT2D eigenvalue weighted by Gasteiger charge is 2.15. The molecule has 0 aliphatic rings. The highest BCUT2D eigenvalue weighted by atomic mass is 79.9. The van der Waals surface area contributed by atoms with Crippen LogP contribution in [0.1, 0.15) is 13.8 Å². The molecular formula is C12H14BrN3O2. The van der Waals surface area contributed by atoms with Crippen molar-refractivity contribution in [2.45, 2.75) is 13.8 Å². The fraction of sp³-hybridized carbons (Fsp3) is 0.333. The lowest BCUT2D eigenvalue weighted by Gasteiger charge is -2.14. The molecule has 0 bridgehead atoms. The zero-order valence-corrected chi connectivity index (χ0v) is 11.8. The molecule has 0 atom stereocenters. The number of phenolic OH excluding ortho intramolecular Hbond substituents is 1. The van der Waals surface area contributed by atoms with Gasteiger partial charge in [0, 0.05) is 17.6 Å². The zero-order valence-electron chi connectivity index (χ0n) is 10.2. The molecule has 5 nitrogen and oxygen atoms in total. The van der Waals surface area contributed by atoms with Crippen molar-refractivity contribution in [1.82, 2.24) is 10.1 Å². The van der Waals surface area contributed by atoms with Gasteiger partial charge in [-0.3, -0.25) is 0 Å². The van der Waals surface area contributed by atoms with Crippen LogP contribution in [0.3, 0.4) is 0 Å². The molecule has 0 spiro atoms. The van der Waals surface area contributed by atoms with Gasteiger partial charge in [-0.2, -0.15) is 4.98 Å². The van der Waals surface area contributed by atoms with Crippen LogP contribution in [0.15, 0.2) is 27.2 Å². The van der Waals surface area contributed by atoms with Gasteiger partial charge in [-0.1, -0.05) is 15.9 Å². The Bertz CT molecular complexity index is 538. The largest absolute Gasteiger partial charge is 0.507 e. The van der Waals surface area contributed by atoms with E-state index in [2.05, 4.69) is 26.1 Å². The number of benzene rings is 1. The summed E-state index contributed by atoms with van der Waals surface area (Å²) in [6.07, 6.45) is 0. The van der Waals surface area contributed by atoms with E-state index < -0.39 is 0 Å². The summed E-state index contributed by atoms with van der Waals surface area (Å²) >= 11 is 3.28. The third-order valence-corrected chi connectivity index (χ3v) is 3.15. The third-order valence-electron chi connectivity index (χ3n) is 2.65. The minimum Gasteiger partial charge on any atom is -0.507 e. The standard InChI is InChI=1S/C12H14BrN3O2/c1-3-16(4-2)12-14-11(18-15-12)9-6-5-8(13)7-10(9)17/h5-7,17H,3-4H2,1-2H3. The lowest BCUT2D eigenvalue weighted by atomic mass is 10.2. The topological polar surface area (TPSA) is 62.4 Å². The number of aromatic hydroxyl groups is 1. The fourth-order valence-electron chi connectivity index (χ4n) is 1.65. The lowest BCUT2D eigenvalue weighted by Crippen LogP contribution is -2.22. The molecule has 0 amide bonds. The molecule has 0 unspecified atom stereocenters. The van der Waals surface area contributed by atoms with Crippen molar-refractivity contribution in [3.05, 3.63) is 22.7 Å². The Morgan fingerprint density at radius 1 is 1.33 bits per heavy atom. The molecule has 1 N–H and O–H groups in total. The van der Waals surface area contributed by atoms with Gasteiger partial charge in [0.05, 0.1) is 5.56 Å². The number of halogens is 1. The van der Waals surface area contributed by atoms with Gasteiger partial charge >= 0.3 is 0 Å². The first kappa shape index (κ1) is 12.9. The van der Waals surface area contributed by atoms with Crippen molar-refractivity contribution in [3.63, 3.8) is 0 Å². The number of rotatable bonds is 4. The number of hydrogen-bond acceptors (Lipinski definition) is 5. The summed E-state index contributed by atoms with van der Waals surface area (Å²) in [7, 11) is 0. The summed E-state index contributed by atoms with van der Waals surface area (Å²) in [6, 6.07) is 5.14. The molecule has 18 heavy (non-hydrogen) atoms. The number of nitrogens with zero attached hydrogens (tertiary/aromatic N) is 3. The van der Waals surface area contributed by atoms with Gasteiger partial charge in [-0.05, 0) is 37.2 Å². The molecule has 6 heteroatoms. The van der Waals surface area contributed by atoms with Gasteiger partial charge in [0.2, 0.25) is 0 Å². The van der Waals surface area contributed by atoms with Crippen molar-refractivity contribution >= 4 is 21.9 Å². The Morgan fingerprint density at radius 3 is 2.67 bits per heavy atom. The third kappa shape index (κ3) is 2.48. The number of phenols is 1. The van der Waals surface area contributed by atoms with E-state index in [9.17, 15) is 5.11 Å². The zero-order chi connectivity index (χ0) is 13.1. The molecule has 1 aromatic carbocycles. The number of aromatic nitrogens is 2. The fourth-order valence-corrected chi connectivity index (χ4v) is 1.99. The molecule has 0 saturated carbocycles. The van der Waals surface area contributed by atoms with E-state index >= 15 is 0 Å². The van der Waals surface area contributed by atoms with Crippen LogP contribution in [-0.4, -0.2) is 28.3 Å². The Labute approximate surface area is 114 Å². The normalized spacial score (nSPS) is 10.6. The Hall–Kier alpha value is -1.56. The van der Waals surface area contributed by atoms with Crippen LogP contribution in [-0.2, 0) is 0 Å². The first-order valence-corrected chi connectivity index (χ1v) is 6.52. The van der Waals surface area contributed by atoms with Gasteiger partial charge < -0.3 is 14.5 Å². The average molecular weight is 312 g/mol. The van der Waals surface area contributed by atoms with Gasteiger partial charge in [0.15, 0.2) is 0 Å². The summed E-state index contributed by atoms with van der Waals surface area (Å²) in [6.45, 7) is 5.66. The van der Waals surface area contributed by atoms with Crippen LogP contribution in [0.25, 0.3) is 11.5 Å². The molecule has 0 saturated heterocycles. The van der Waals surface area contributed by atoms with Gasteiger partial charge in [-0.15, -0.1) is 0 Å². The molecular weight excluding hydrogens is 298 g/mol. The summed E-state index contributed by atoms with van der Waals surface area (Å²) in [4.78, 5) is 6.26.